The first-order valence-electron chi connectivity index (χ1n) is 24.6. The predicted octanol–water partition coefficient (Wildman–Crippen LogP) is 13.6. The highest BCUT2D eigenvalue weighted by Gasteiger charge is 2.27. The molecule has 0 aliphatic carbocycles. The Labute approximate surface area is 362 Å². The van der Waals surface area contributed by atoms with E-state index >= 15 is 0 Å². The lowest BCUT2D eigenvalue weighted by Gasteiger charge is -2.20. The summed E-state index contributed by atoms with van der Waals surface area (Å²) < 4.78 is 32.8. The summed E-state index contributed by atoms with van der Waals surface area (Å²) in [7, 11) is -4.62. The molecule has 0 saturated carbocycles. The molecule has 3 atom stereocenters. The highest BCUT2D eigenvalue weighted by molar-refractivity contribution is 7.47. The highest BCUT2D eigenvalue weighted by atomic mass is 31.2. The predicted molar refractivity (Wildman–Crippen MR) is 242 cm³/mol. The van der Waals surface area contributed by atoms with E-state index in [4.69, 9.17) is 23.6 Å². The number of aliphatic hydroxyl groups is 2. The lowest BCUT2D eigenvalue weighted by Crippen LogP contribution is -2.29. The summed E-state index contributed by atoms with van der Waals surface area (Å²) >= 11 is 0. The maximum absolute atomic E-state index is 12.6. The Morgan fingerprint density at radius 2 is 0.831 bits per heavy atom. The topological polar surface area (TPSA) is 149 Å². The van der Waals surface area contributed by atoms with Crippen molar-refractivity contribution in [1.82, 2.24) is 0 Å². The zero-order chi connectivity index (χ0) is 43.3. The van der Waals surface area contributed by atoms with Crippen LogP contribution in [0.5, 0.6) is 0 Å². The van der Waals surface area contributed by atoms with Gasteiger partial charge in [-0.1, -0.05) is 206 Å². The standard InChI is InChI=1S/C48H93O10P/c1-3-5-7-9-11-13-15-17-18-19-20-21-22-23-24-25-26-28-29-31-33-35-37-39-47(51)55-43-46(44-57-59(53,54)56-42-45(50)41-49)58-48(52)40-38-36-34-32-30-27-16-14-12-10-8-6-4-2/h27,30,45-46,49-50H,3-26,28-29,31-44H2,1-2H3,(H,53,54)/b30-27+/t45-,46+/m1/s1. The molecule has 0 rings (SSSR count). The maximum Gasteiger partial charge on any atom is 0.472 e. The average molecular weight is 861 g/mol. The third-order valence-corrected chi connectivity index (χ3v) is 11.9. The number of ether oxygens (including phenoxy) is 2. The molecule has 350 valence electrons. The number of aliphatic hydroxyl groups excluding tert-OH is 2. The Bertz CT molecular complexity index is 993. The number of phosphoric acid groups is 1. The first-order chi connectivity index (χ1) is 28.7. The van der Waals surface area contributed by atoms with E-state index in [0.29, 0.717) is 12.8 Å². The van der Waals surface area contributed by atoms with E-state index in [0.717, 1.165) is 44.9 Å². The van der Waals surface area contributed by atoms with Crippen LogP contribution in [-0.4, -0.2) is 65.7 Å². The van der Waals surface area contributed by atoms with Gasteiger partial charge in [-0.05, 0) is 38.5 Å². The van der Waals surface area contributed by atoms with Crippen molar-refractivity contribution >= 4 is 19.8 Å². The second-order valence-corrected chi connectivity index (χ2v) is 18.3. The van der Waals surface area contributed by atoms with Crippen LogP contribution in [0.1, 0.15) is 245 Å². The minimum atomic E-state index is -4.62. The molecule has 0 radical (unpaired) electrons. The monoisotopic (exact) mass is 861 g/mol. The largest absolute Gasteiger partial charge is 0.472 e. The van der Waals surface area contributed by atoms with Crippen LogP contribution in [0.4, 0.5) is 0 Å². The van der Waals surface area contributed by atoms with Crippen molar-refractivity contribution in [3.05, 3.63) is 12.2 Å². The van der Waals surface area contributed by atoms with Gasteiger partial charge in [0.05, 0.1) is 19.8 Å². The lowest BCUT2D eigenvalue weighted by molar-refractivity contribution is -0.161. The zero-order valence-corrected chi connectivity index (χ0v) is 39.1. The van der Waals surface area contributed by atoms with Gasteiger partial charge in [0.2, 0.25) is 0 Å². The van der Waals surface area contributed by atoms with Crippen molar-refractivity contribution in [1.29, 1.82) is 0 Å². The molecule has 0 aromatic heterocycles. The quantitative estimate of drug-likeness (QED) is 0.0234. The Morgan fingerprint density at radius 3 is 1.24 bits per heavy atom. The summed E-state index contributed by atoms with van der Waals surface area (Å²) in [4.78, 5) is 35.1. The number of carbonyl (C=O) groups is 2. The first-order valence-corrected chi connectivity index (χ1v) is 26.1. The Morgan fingerprint density at radius 1 is 0.492 bits per heavy atom. The number of phosphoric ester groups is 1. The normalized spacial score (nSPS) is 13.8. The Hall–Kier alpha value is -1.29. The van der Waals surface area contributed by atoms with Crippen LogP contribution in [0.3, 0.4) is 0 Å². The number of esters is 2. The summed E-state index contributed by atoms with van der Waals surface area (Å²) in [5.74, 6) is -0.930. The van der Waals surface area contributed by atoms with Crippen LogP contribution in [0, 0.1) is 0 Å². The van der Waals surface area contributed by atoms with E-state index in [2.05, 4.69) is 26.0 Å². The molecule has 59 heavy (non-hydrogen) atoms. The van der Waals surface area contributed by atoms with Crippen molar-refractivity contribution in [2.24, 2.45) is 0 Å². The number of hydrogen-bond acceptors (Lipinski definition) is 9. The van der Waals surface area contributed by atoms with Crippen molar-refractivity contribution in [2.45, 2.75) is 257 Å². The van der Waals surface area contributed by atoms with E-state index in [1.165, 1.54) is 161 Å². The van der Waals surface area contributed by atoms with E-state index in [1.807, 2.05) is 0 Å². The molecule has 0 aliphatic rings. The molecule has 0 aliphatic heterocycles. The van der Waals surface area contributed by atoms with Crippen LogP contribution in [-0.2, 0) is 32.7 Å². The van der Waals surface area contributed by atoms with E-state index in [9.17, 15) is 24.2 Å². The van der Waals surface area contributed by atoms with Gasteiger partial charge in [0.15, 0.2) is 6.10 Å². The third-order valence-electron chi connectivity index (χ3n) is 10.9. The van der Waals surface area contributed by atoms with Crippen LogP contribution in [0.15, 0.2) is 12.2 Å². The molecule has 0 aromatic rings. The molecule has 0 amide bonds. The minimum Gasteiger partial charge on any atom is -0.462 e. The smallest absolute Gasteiger partial charge is 0.462 e. The number of unbranched alkanes of at least 4 members (excludes halogenated alkanes) is 31. The van der Waals surface area contributed by atoms with Crippen molar-refractivity contribution in [2.75, 3.05) is 26.4 Å². The Balaban J connectivity index is 4.10. The van der Waals surface area contributed by atoms with Crippen LogP contribution < -0.4 is 0 Å². The van der Waals surface area contributed by atoms with Gasteiger partial charge in [0.25, 0.3) is 0 Å². The second kappa shape index (κ2) is 44.8. The molecule has 10 nitrogen and oxygen atoms in total. The number of rotatable bonds is 47. The van der Waals surface area contributed by atoms with Gasteiger partial charge < -0.3 is 24.6 Å². The fraction of sp³-hybridized carbons (Fsp3) is 0.917. The van der Waals surface area contributed by atoms with Gasteiger partial charge >= 0.3 is 19.8 Å². The van der Waals surface area contributed by atoms with Crippen molar-refractivity contribution in [3.63, 3.8) is 0 Å². The van der Waals surface area contributed by atoms with Crippen LogP contribution >= 0.6 is 7.82 Å². The molecule has 3 N–H and O–H groups in total. The van der Waals surface area contributed by atoms with Gasteiger partial charge in [-0.25, -0.2) is 4.57 Å². The number of hydrogen-bond donors (Lipinski definition) is 3. The second-order valence-electron chi connectivity index (χ2n) is 16.8. The summed E-state index contributed by atoms with van der Waals surface area (Å²) in [6.45, 7) is 2.40. The molecule has 11 heteroatoms. The Kier molecular flexibility index (Phi) is 43.8. The molecule has 0 saturated heterocycles. The lowest BCUT2D eigenvalue weighted by atomic mass is 10.0. The van der Waals surface area contributed by atoms with Crippen LogP contribution in [0.2, 0.25) is 0 Å². The molecule has 0 aromatic carbocycles. The molecule has 0 bridgehead atoms. The fourth-order valence-corrected chi connectivity index (χ4v) is 7.90. The van der Waals surface area contributed by atoms with Crippen molar-refractivity contribution in [3.8, 4) is 0 Å². The van der Waals surface area contributed by atoms with E-state index < -0.39 is 51.8 Å². The van der Waals surface area contributed by atoms with Crippen LogP contribution in [0.25, 0.3) is 0 Å². The molecule has 1 unspecified atom stereocenters. The van der Waals surface area contributed by atoms with Gasteiger partial charge in [-0.15, -0.1) is 0 Å². The van der Waals surface area contributed by atoms with Crippen molar-refractivity contribution < 1.29 is 47.8 Å². The minimum absolute atomic E-state index is 0.168. The number of carbonyl (C=O) groups excluding carboxylic acids is 2. The molecule has 0 spiro atoms. The molecular weight excluding hydrogens is 767 g/mol. The van der Waals surface area contributed by atoms with Gasteiger partial charge in [0.1, 0.15) is 12.7 Å². The van der Waals surface area contributed by atoms with Gasteiger partial charge in [0, 0.05) is 12.8 Å². The highest BCUT2D eigenvalue weighted by Crippen LogP contribution is 2.43. The first kappa shape index (κ1) is 57.7. The summed E-state index contributed by atoms with van der Waals surface area (Å²) in [5.41, 5.74) is 0. The summed E-state index contributed by atoms with van der Waals surface area (Å²) in [5, 5.41) is 18.4. The third kappa shape index (κ3) is 44.6. The van der Waals surface area contributed by atoms with Gasteiger partial charge in [-0.2, -0.15) is 0 Å². The SMILES string of the molecule is CCCCCCCC/C=C/CCCCCC(=O)O[C@@H](COC(=O)CCCCCCCCCCCCCCCCCCCCCCCCC)COP(=O)(O)OC[C@H](O)CO. The fourth-order valence-electron chi connectivity index (χ4n) is 7.11. The summed E-state index contributed by atoms with van der Waals surface area (Å²) in [6, 6.07) is 0. The zero-order valence-electron chi connectivity index (χ0n) is 38.2. The van der Waals surface area contributed by atoms with E-state index in [1.54, 1.807) is 0 Å². The van der Waals surface area contributed by atoms with Gasteiger partial charge in [-0.3, -0.25) is 18.6 Å². The molecular formula is C48H93O10P. The van der Waals surface area contributed by atoms with E-state index in [-0.39, 0.29) is 19.4 Å². The number of allylic oxidation sites excluding steroid dienone is 2. The molecule has 0 fully saturated rings. The average Bonchev–Trinajstić information content (AvgIpc) is 3.22. The maximum atomic E-state index is 12.6. The summed E-state index contributed by atoms with van der Waals surface area (Å²) in [6.07, 6.45) is 44.8. The molecule has 0 heterocycles.